The molecule has 23 heavy (non-hydrogen) atoms. The summed E-state index contributed by atoms with van der Waals surface area (Å²) in [6.45, 7) is 11.1. The number of carbonyl (C=O) groups is 2. The Morgan fingerprint density at radius 3 is 2.39 bits per heavy atom. The zero-order valence-electron chi connectivity index (χ0n) is 14.4. The Labute approximate surface area is 138 Å². The van der Waals surface area contributed by atoms with E-state index in [0.717, 1.165) is 32.7 Å². The molecule has 0 aliphatic carbocycles. The van der Waals surface area contributed by atoms with Gasteiger partial charge in [0.2, 0.25) is 5.91 Å². The van der Waals surface area contributed by atoms with Crippen molar-refractivity contribution in [3.8, 4) is 0 Å². The molecule has 0 radical (unpaired) electrons. The van der Waals surface area contributed by atoms with Crippen molar-refractivity contribution < 1.29 is 9.59 Å². The van der Waals surface area contributed by atoms with Gasteiger partial charge in [-0.15, -0.1) is 0 Å². The molecule has 1 aliphatic rings. The zero-order valence-corrected chi connectivity index (χ0v) is 14.4. The highest BCUT2D eigenvalue weighted by molar-refractivity contribution is 5.97. The standard InChI is InChI=1S/C18H27N3O2/c1-18(2,3)14-20-9-11-21(12-10-20)17(23)7-6-16(22)15-5-4-8-19-13-15/h4-5,8,13H,6-7,9-12,14H2,1-3H3. The molecule has 1 saturated heterocycles. The third-order valence-electron chi connectivity index (χ3n) is 3.97. The number of nitrogens with zero attached hydrogens (tertiary/aromatic N) is 3. The Hall–Kier alpha value is -1.75. The summed E-state index contributed by atoms with van der Waals surface area (Å²) in [5, 5.41) is 0. The topological polar surface area (TPSA) is 53.5 Å². The van der Waals surface area contributed by atoms with Crippen molar-refractivity contribution in [2.75, 3.05) is 32.7 Å². The summed E-state index contributed by atoms with van der Waals surface area (Å²) in [5.74, 6) is 0.0652. The first-order valence-electron chi connectivity index (χ1n) is 8.28. The Kier molecular flexibility index (Phi) is 5.88. The summed E-state index contributed by atoms with van der Waals surface area (Å²) in [6, 6.07) is 3.48. The Balaban J connectivity index is 1.74. The van der Waals surface area contributed by atoms with E-state index >= 15 is 0 Å². The van der Waals surface area contributed by atoms with E-state index in [-0.39, 0.29) is 29.9 Å². The van der Waals surface area contributed by atoms with Gasteiger partial charge in [0.15, 0.2) is 5.78 Å². The van der Waals surface area contributed by atoms with Gasteiger partial charge in [0.1, 0.15) is 0 Å². The molecule has 0 bridgehead atoms. The van der Waals surface area contributed by atoms with E-state index in [2.05, 4.69) is 30.7 Å². The molecule has 1 aliphatic heterocycles. The SMILES string of the molecule is CC(C)(C)CN1CCN(C(=O)CCC(=O)c2cccnc2)CC1. The van der Waals surface area contributed by atoms with Crippen LogP contribution in [0.25, 0.3) is 0 Å². The van der Waals surface area contributed by atoms with Crippen LogP contribution in [0.15, 0.2) is 24.5 Å². The lowest BCUT2D eigenvalue weighted by molar-refractivity contribution is -0.133. The molecule has 1 amide bonds. The summed E-state index contributed by atoms with van der Waals surface area (Å²) < 4.78 is 0. The number of pyridine rings is 1. The third kappa shape index (κ3) is 5.75. The summed E-state index contributed by atoms with van der Waals surface area (Å²) >= 11 is 0. The van der Waals surface area contributed by atoms with Crippen LogP contribution in [0, 0.1) is 5.41 Å². The Morgan fingerprint density at radius 2 is 1.83 bits per heavy atom. The molecular weight excluding hydrogens is 290 g/mol. The van der Waals surface area contributed by atoms with Gasteiger partial charge in [-0.2, -0.15) is 0 Å². The number of hydrogen-bond donors (Lipinski definition) is 0. The molecule has 5 nitrogen and oxygen atoms in total. The van der Waals surface area contributed by atoms with Crippen LogP contribution in [0.4, 0.5) is 0 Å². The highest BCUT2D eigenvalue weighted by Gasteiger charge is 2.24. The van der Waals surface area contributed by atoms with Crippen molar-refractivity contribution in [3.63, 3.8) is 0 Å². The number of hydrogen-bond acceptors (Lipinski definition) is 4. The fraction of sp³-hybridized carbons (Fsp3) is 0.611. The summed E-state index contributed by atoms with van der Waals surface area (Å²) in [7, 11) is 0. The summed E-state index contributed by atoms with van der Waals surface area (Å²) in [5.41, 5.74) is 0.859. The Bertz CT molecular complexity index is 529. The van der Waals surface area contributed by atoms with Crippen LogP contribution in [0.3, 0.4) is 0 Å². The van der Waals surface area contributed by atoms with Crippen molar-refractivity contribution >= 4 is 11.7 Å². The van der Waals surface area contributed by atoms with Crippen molar-refractivity contribution in [2.24, 2.45) is 5.41 Å². The maximum Gasteiger partial charge on any atom is 0.223 e. The molecule has 1 aromatic heterocycles. The van der Waals surface area contributed by atoms with Crippen LogP contribution >= 0.6 is 0 Å². The molecule has 0 unspecified atom stereocenters. The van der Waals surface area contributed by atoms with Gasteiger partial charge in [0.05, 0.1) is 0 Å². The van der Waals surface area contributed by atoms with Gasteiger partial charge in [0.25, 0.3) is 0 Å². The molecule has 0 N–H and O–H groups in total. The Morgan fingerprint density at radius 1 is 1.13 bits per heavy atom. The number of piperazine rings is 1. The van der Waals surface area contributed by atoms with Crippen molar-refractivity contribution in [3.05, 3.63) is 30.1 Å². The van der Waals surface area contributed by atoms with E-state index < -0.39 is 0 Å². The summed E-state index contributed by atoms with van der Waals surface area (Å²) in [6.07, 6.45) is 3.73. The lowest BCUT2D eigenvalue weighted by Crippen LogP contribution is -2.50. The minimum Gasteiger partial charge on any atom is -0.340 e. The minimum absolute atomic E-state index is 0.0159. The molecule has 1 aromatic rings. The molecular formula is C18H27N3O2. The maximum absolute atomic E-state index is 12.3. The van der Waals surface area contributed by atoms with Crippen LogP contribution in [-0.2, 0) is 4.79 Å². The quantitative estimate of drug-likeness (QED) is 0.782. The fourth-order valence-corrected chi connectivity index (χ4v) is 2.88. The number of carbonyl (C=O) groups excluding carboxylic acids is 2. The average molecular weight is 317 g/mol. The van der Waals surface area contributed by atoms with Crippen LogP contribution < -0.4 is 0 Å². The van der Waals surface area contributed by atoms with E-state index in [1.54, 1.807) is 24.5 Å². The van der Waals surface area contributed by atoms with E-state index in [4.69, 9.17) is 0 Å². The van der Waals surface area contributed by atoms with Gasteiger partial charge >= 0.3 is 0 Å². The van der Waals surface area contributed by atoms with Gasteiger partial charge in [-0.05, 0) is 17.5 Å². The van der Waals surface area contributed by atoms with Crippen LogP contribution in [0.5, 0.6) is 0 Å². The lowest BCUT2D eigenvalue weighted by atomic mass is 9.96. The number of aromatic nitrogens is 1. The molecule has 1 fully saturated rings. The smallest absolute Gasteiger partial charge is 0.223 e. The number of amides is 1. The molecule has 0 aromatic carbocycles. The monoisotopic (exact) mass is 317 g/mol. The highest BCUT2D eigenvalue weighted by atomic mass is 16.2. The lowest BCUT2D eigenvalue weighted by Gasteiger charge is -2.37. The zero-order chi connectivity index (χ0) is 16.9. The predicted molar refractivity (Wildman–Crippen MR) is 90.3 cm³/mol. The van der Waals surface area contributed by atoms with Crippen molar-refractivity contribution in [1.29, 1.82) is 0 Å². The third-order valence-corrected chi connectivity index (χ3v) is 3.97. The molecule has 5 heteroatoms. The average Bonchev–Trinajstić information content (AvgIpc) is 2.52. The number of ketones is 1. The van der Waals surface area contributed by atoms with E-state index in [1.165, 1.54) is 0 Å². The fourth-order valence-electron chi connectivity index (χ4n) is 2.88. The minimum atomic E-state index is -0.0159. The van der Waals surface area contributed by atoms with Crippen LogP contribution in [-0.4, -0.2) is 59.2 Å². The maximum atomic E-state index is 12.3. The molecule has 126 valence electrons. The van der Waals surface area contributed by atoms with Gasteiger partial charge in [-0.25, -0.2) is 0 Å². The van der Waals surface area contributed by atoms with Gasteiger partial charge < -0.3 is 4.90 Å². The van der Waals surface area contributed by atoms with Crippen molar-refractivity contribution in [2.45, 2.75) is 33.6 Å². The second kappa shape index (κ2) is 7.68. The van der Waals surface area contributed by atoms with Crippen LogP contribution in [0.2, 0.25) is 0 Å². The first kappa shape index (κ1) is 17.6. The normalized spacial score (nSPS) is 16.4. The predicted octanol–water partition coefficient (Wildman–Crippen LogP) is 2.23. The van der Waals surface area contributed by atoms with Crippen LogP contribution in [0.1, 0.15) is 44.0 Å². The first-order chi connectivity index (χ1) is 10.8. The number of rotatable bonds is 5. The molecule has 2 rings (SSSR count). The number of Topliss-reactive ketones (excluding diaryl/α,β-unsaturated/α-hetero) is 1. The van der Waals surface area contributed by atoms with Gasteiger partial charge in [-0.3, -0.25) is 19.5 Å². The first-order valence-corrected chi connectivity index (χ1v) is 8.28. The van der Waals surface area contributed by atoms with Crippen molar-refractivity contribution in [1.82, 2.24) is 14.8 Å². The van der Waals surface area contributed by atoms with Gasteiger partial charge in [-0.1, -0.05) is 20.8 Å². The second-order valence-electron chi connectivity index (χ2n) is 7.38. The van der Waals surface area contributed by atoms with E-state index in [1.807, 2.05) is 4.90 Å². The molecule has 0 atom stereocenters. The van der Waals surface area contributed by atoms with E-state index in [9.17, 15) is 9.59 Å². The second-order valence-corrected chi connectivity index (χ2v) is 7.38. The molecule has 2 heterocycles. The highest BCUT2D eigenvalue weighted by Crippen LogP contribution is 2.17. The summed E-state index contributed by atoms with van der Waals surface area (Å²) in [4.78, 5) is 32.5. The molecule has 0 spiro atoms. The molecule has 0 saturated carbocycles. The van der Waals surface area contributed by atoms with E-state index in [0.29, 0.717) is 5.56 Å². The van der Waals surface area contributed by atoms with Gasteiger partial charge in [0, 0.05) is 63.5 Å². The largest absolute Gasteiger partial charge is 0.340 e.